The first-order valence-electron chi connectivity index (χ1n) is 8.59. The van der Waals surface area contributed by atoms with Crippen LogP contribution in [0.4, 0.5) is 4.39 Å². The van der Waals surface area contributed by atoms with E-state index in [1.807, 2.05) is 0 Å². The smallest absolute Gasteiger partial charge is 0.267 e. The van der Waals surface area contributed by atoms with Gasteiger partial charge in [-0.3, -0.25) is 4.79 Å². The molecule has 0 atom stereocenters. The van der Waals surface area contributed by atoms with Crippen molar-refractivity contribution in [3.63, 3.8) is 0 Å². The van der Waals surface area contributed by atoms with Crippen molar-refractivity contribution in [2.75, 3.05) is 13.1 Å². The summed E-state index contributed by atoms with van der Waals surface area (Å²) in [5, 5.41) is 4.03. The monoisotopic (exact) mass is 389 g/mol. The maximum Gasteiger partial charge on any atom is 0.271 e. The molecule has 0 saturated carbocycles. The van der Waals surface area contributed by atoms with Gasteiger partial charge >= 0.3 is 0 Å². The van der Waals surface area contributed by atoms with Gasteiger partial charge in [0.25, 0.3) is 5.91 Å². The van der Waals surface area contributed by atoms with Crippen molar-refractivity contribution in [1.82, 2.24) is 9.73 Å². The molecule has 2 aromatic carbocycles. The van der Waals surface area contributed by atoms with E-state index in [2.05, 4.69) is 10.5 Å². The van der Waals surface area contributed by atoms with Crippen LogP contribution in [-0.2, 0) is 10.0 Å². The normalized spacial score (nSPS) is 15.7. The number of sulfonamides is 1. The van der Waals surface area contributed by atoms with Gasteiger partial charge in [-0.15, -0.1) is 0 Å². The number of nitrogens with zero attached hydrogens (tertiary/aromatic N) is 2. The van der Waals surface area contributed by atoms with Crippen LogP contribution < -0.4 is 5.43 Å². The number of benzene rings is 2. The van der Waals surface area contributed by atoms with Crippen LogP contribution in [0.1, 0.15) is 35.7 Å². The molecule has 0 spiro atoms. The van der Waals surface area contributed by atoms with Gasteiger partial charge in [0.2, 0.25) is 10.0 Å². The molecule has 1 aliphatic heterocycles. The van der Waals surface area contributed by atoms with Crippen LogP contribution in [-0.4, -0.2) is 37.4 Å². The quantitative estimate of drug-likeness (QED) is 0.631. The third-order valence-electron chi connectivity index (χ3n) is 4.41. The zero-order chi connectivity index (χ0) is 19.4. The van der Waals surface area contributed by atoms with E-state index in [1.54, 1.807) is 31.2 Å². The molecule has 1 fully saturated rings. The van der Waals surface area contributed by atoms with Crippen molar-refractivity contribution >= 4 is 21.6 Å². The van der Waals surface area contributed by atoms with Gasteiger partial charge in [-0.1, -0.05) is 12.1 Å². The standard InChI is InChI=1S/C19H20FN3O3S/c1-14(21-22-19(24)16-4-8-17(20)9-5-16)15-6-10-18(11-7-15)27(25,26)23-12-2-3-13-23/h4-11H,2-3,12-13H2,1H3,(H,22,24)/b21-14+. The average Bonchev–Trinajstić information content (AvgIpc) is 3.22. The van der Waals surface area contributed by atoms with Gasteiger partial charge in [0.05, 0.1) is 10.6 Å². The molecule has 27 heavy (non-hydrogen) atoms. The number of nitrogens with one attached hydrogen (secondary N) is 1. The Bertz CT molecular complexity index is 949. The minimum atomic E-state index is -3.45. The van der Waals surface area contributed by atoms with Crippen molar-refractivity contribution in [2.45, 2.75) is 24.7 Å². The van der Waals surface area contributed by atoms with Gasteiger partial charge in [0, 0.05) is 18.7 Å². The summed E-state index contributed by atoms with van der Waals surface area (Å²) in [6, 6.07) is 11.5. The third kappa shape index (κ3) is 4.40. The lowest BCUT2D eigenvalue weighted by molar-refractivity contribution is 0.0955. The second-order valence-electron chi connectivity index (χ2n) is 6.28. The number of hydrogen-bond acceptors (Lipinski definition) is 4. The van der Waals surface area contributed by atoms with E-state index in [9.17, 15) is 17.6 Å². The minimum absolute atomic E-state index is 0.247. The SMILES string of the molecule is C/C(=N\NC(=O)c1ccc(F)cc1)c1ccc(S(=O)(=O)N2CCCC2)cc1. The Morgan fingerprint density at radius 2 is 1.56 bits per heavy atom. The van der Waals surface area contributed by atoms with Crippen LogP contribution in [0.25, 0.3) is 0 Å². The van der Waals surface area contributed by atoms with Crippen LogP contribution in [0.2, 0.25) is 0 Å². The van der Waals surface area contributed by atoms with Crippen LogP contribution in [0.5, 0.6) is 0 Å². The molecule has 0 unspecified atom stereocenters. The van der Waals surface area contributed by atoms with Gasteiger partial charge in [-0.05, 0) is 61.7 Å². The number of halogens is 1. The van der Waals surface area contributed by atoms with Crippen molar-refractivity contribution < 1.29 is 17.6 Å². The highest BCUT2D eigenvalue weighted by Gasteiger charge is 2.26. The molecule has 1 saturated heterocycles. The Morgan fingerprint density at radius 3 is 2.15 bits per heavy atom. The fourth-order valence-electron chi connectivity index (χ4n) is 2.81. The van der Waals surface area contributed by atoms with E-state index in [-0.39, 0.29) is 4.90 Å². The molecule has 1 amide bonds. The van der Waals surface area contributed by atoms with Crippen molar-refractivity contribution in [2.24, 2.45) is 5.10 Å². The summed E-state index contributed by atoms with van der Waals surface area (Å²) in [5.74, 6) is -0.877. The Balaban J connectivity index is 1.69. The number of carbonyl (C=O) groups is 1. The highest BCUT2D eigenvalue weighted by Crippen LogP contribution is 2.21. The van der Waals surface area contributed by atoms with Gasteiger partial charge in [0.15, 0.2) is 0 Å². The zero-order valence-corrected chi connectivity index (χ0v) is 15.7. The lowest BCUT2D eigenvalue weighted by atomic mass is 10.1. The molecule has 6 nitrogen and oxygen atoms in total. The predicted molar refractivity (Wildman–Crippen MR) is 101 cm³/mol. The summed E-state index contributed by atoms with van der Waals surface area (Å²) in [6.07, 6.45) is 1.77. The molecule has 0 bridgehead atoms. The molecular formula is C19H20FN3O3S. The third-order valence-corrected chi connectivity index (χ3v) is 6.32. The van der Waals surface area contributed by atoms with Crippen molar-refractivity contribution in [3.8, 4) is 0 Å². The van der Waals surface area contributed by atoms with Gasteiger partial charge in [0.1, 0.15) is 5.82 Å². The molecule has 0 radical (unpaired) electrons. The first-order valence-corrected chi connectivity index (χ1v) is 10.0. The fraction of sp³-hybridized carbons (Fsp3) is 0.263. The maximum atomic E-state index is 12.9. The molecular weight excluding hydrogens is 369 g/mol. The molecule has 8 heteroatoms. The predicted octanol–water partition coefficient (Wildman–Crippen LogP) is 2.76. The Hall–Kier alpha value is -2.58. The van der Waals surface area contributed by atoms with Crippen LogP contribution in [0, 0.1) is 5.82 Å². The first kappa shape index (κ1) is 19.2. The van der Waals surface area contributed by atoms with E-state index >= 15 is 0 Å². The summed E-state index contributed by atoms with van der Waals surface area (Å²) in [7, 11) is -3.45. The molecule has 3 rings (SSSR count). The maximum absolute atomic E-state index is 12.9. The second kappa shape index (κ2) is 7.98. The van der Waals surface area contributed by atoms with Crippen molar-refractivity contribution in [1.29, 1.82) is 0 Å². The summed E-state index contributed by atoms with van der Waals surface area (Å²) in [4.78, 5) is 12.2. The molecule has 0 aliphatic carbocycles. The van der Waals surface area contributed by atoms with E-state index in [4.69, 9.17) is 0 Å². The Kier molecular flexibility index (Phi) is 5.67. The van der Waals surface area contributed by atoms with E-state index in [1.165, 1.54) is 28.6 Å². The largest absolute Gasteiger partial charge is 0.271 e. The average molecular weight is 389 g/mol. The minimum Gasteiger partial charge on any atom is -0.267 e. The number of hydrogen-bond donors (Lipinski definition) is 1. The summed E-state index contributed by atoms with van der Waals surface area (Å²) < 4.78 is 39.4. The lowest BCUT2D eigenvalue weighted by Crippen LogP contribution is -2.27. The van der Waals surface area contributed by atoms with Gasteiger partial charge < -0.3 is 0 Å². The Morgan fingerprint density at radius 1 is 1.00 bits per heavy atom. The van der Waals surface area contributed by atoms with E-state index in [0.717, 1.165) is 12.8 Å². The van der Waals surface area contributed by atoms with E-state index < -0.39 is 21.7 Å². The fourth-order valence-corrected chi connectivity index (χ4v) is 4.33. The molecule has 2 aromatic rings. The summed E-state index contributed by atoms with van der Waals surface area (Å²) in [5.41, 5.74) is 3.91. The molecule has 1 aliphatic rings. The zero-order valence-electron chi connectivity index (χ0n) is 14.9. The summed E-state index contributed by atoms with van der Waals surface area (Å²) >= 11 is 0. The van der Waals surface area contributed by atoms with Crippen LogP contribution >= 0.6 is 0 Å². The highest BCUT2D eigenvalue weighted by atomic mass is 32.2. The molecule has 142 valence electrons. The lowest BCUT2D eigenvalue weighted by Gasteiger charge is -2.15. The molecule has 1 heterocycles. The second-order valence-corrected chi connectivity index (χ2v) is 8.22. The van der Waals surface area contributed by atoms with Gasteiger partial charge in [-0.2, -0.15) is 9.41 Å². The van der Waals surface area contributed by atoms with Gasteiger partial charge in [-0.25, -0.2) is 18.2 Å². The van der Waals surface area contributed by atoms with Crippen molar-refractivity contribution in [3.05, 3.63) is 65.5 Å². The Labute approximate surface area is 157 Å². The number of hydrazone groups is 1. The number of amides is 1. The summed E-state index contributed by atoms with van der Waals surface area (Å²) in [6.45, 7) is 2.81. The highest BCUT2D eigenvalue weighted by molar-refractivity contribution is 7.89. The molecule has 1 N–H and O–H groups in total. The number of rotatable bonds is 5. The van der Waals surface area contributed by atoms with Crippen LogP contribution in [0.15, 0.2) is 58.5 Å². The molecule has 0 aromatic heterocycles. The van der Waals surface area contributed by atoms with E-state index in [0.29, 0.717) is 29.9 Å². The topological polar surface area (TPSA) is 78.8 Å². The first-order chi connectivity index (χ1) is 12.9. The number of carbonyl (C=O) groups excluding carboxylic acids is 1. The van der Waals surface area contributed by atoms with Crippen LogP contribution in [0.3, 0.4) is 0 Å².